The van der Waals surface area contributed by atoms with Crippen molar-refractivity contribution in [3.05, 3.63) is 12.4 Å². The highest BCUT2D eigenvalue weighted by atomic mass is 16.1. The van der Waals surface area contributed by atoms with Gasteiger partial charge < -0.3 is 15.5 Å². The van der Waals surface area contributed by atoms with Crippen molar-refractivity contribution in [2.75, 3.05) is 36.4 Å². The van der Waals surface area contributed by atoms with Crippen molar-refractivity contribution in [3.63, 3.8) is 0 Å². The van der Waals surface area contributed by atoms with E-state index in [0.717, 1.165) is 25.3 Å². The molecule has 6 heteroatoms. The Balaban J connectivity index is 1.87. The van der Waals surface area contributed by atoms with Crippen LogP contribution in [0.2, 0.25) is 0 Å². The fourth-order valence-corrected chi connectivity index (χ4v) is 2.24. The summed E-state index contributed by atoms with van der Waals surface area (Å²) >= 11 is 0. The monoisotopic (exact) mass is 277 g/mol. The Morgan fingerprint density at radius 3 is 2.85 bits per heavy atom. The van der Waals surface area contributed by atoms with E-state index < -0.39 is 0 Å². The molecule has 0 bridgehead atoms. The maximum Gasteiger partial charge on any atom is 0.239 e. The average molecular weight is 277 g/mol. The lowest BCUT2D eigenvalue weighted by molar-refractivity contribution is -0.119. The van der Waals surface area contributed by atoms with Gasteiger partial charge >= 0.3 is 0 Å². The van der Waals surface area contributed by atoms with Crippen molar-refractivity contribution in [1.29, 1.82) is 0 Å². The number of nitrogens with one attached hydrogen (secondary N) is 2. The number of carbonyl (C=O) groups excluding carboxylic acids is 1. The highest BCUT2D eigenvalue weighted by Crippen LogP contribution is 2.18. The Kier molecular flexibility index (Phi) is 5.58. The second-order valence-electron chi connectivity index (χ2n) is 5.01. The van der Waals surface area contributed by atoms with Crippen LogP contribution in [0.3, 0.4) is 0 Å². The van der Waals surface area contributed by atoms with Gasteiger partial charge in [0.2, 0.25) is 5.91 Å². The van der Waals surface area contributed by atoms with Gasteiger partial charge in [-0.1, -0.05) is 6.92 Å². The van der Waals surface area contributed by atoms with Gasteiger partial charge in [0.05, 0.1) is 6.54 Å². The zero-order valence-electron chi connectivity index (χ0n) is 12.1. The largest absolute Gasteiger partial charge is 0.361 e. The Morgan fingerprint density at radius 2 is 2.10 bits per heavy atom. The van der Waals surface area contributed by atoms with Crippen LogP contribution >= 0.6 is 0 Å². The van der Waals surface area contributed by atoms with Crippen LogP contribution < -0.4 is 15.5 Å². The summed E-state index contributed by atoms with van der Waals surface area (Å²) in [5, 5.41) is 5.87. The molecule has 1 amide bonds. The van der Waals surface area contributed by atoms with Crippen LogP contribution in [0.15, 0.2) is 12.4 Å². The number of hydrogen-bond donors (Lipinski definition) is 2. The second-order valence-corrected chi connectivity index (χ2v) is 5.01. The topological polar surface area (TPSA) is 70.2 Å². The third-order valence-electron chi connectivity index (χ3n) is 3.33. The zero-order chi connectivity index (χ0) is 14.2. The number of rotatable bonds is 6. The zero-order valence-corrected chi connectivity index (χ0v) is 12.1. The number of piperidine rings is 1. The molecular formula is C14H23N5O. The van der Waals surface area contributed by atoms with Gasteiger partial charge in [-0.3, -0.25) is 4.79 Å². The molecule has 1 aliphatic rings. The van der Waals surface area contributed by atoms with Crippen molar-refractivity contribution >= 4 is 17.5 Å². The van der Waals surface area contributed by atoms with Gasteiger partial charge in [-0.05, 0) is 25.7 Å². The van der Waals surface area contributed by atoms with Crippen molar-refractivity contribution in [2.45, 2.75) is 32.6 Å². The first kappa shape index (κ1) is 14.6. The minimum atomic E-state index is -0.00927. The van der Waals surface area contributed by atoms with E-state index in [1.54, 1.807) is 6.33 Å². The number of anilines is 2. The molecule has 110 valence electrons. The molecule has 0 aliphatic carbocycles. The van der Waals surface area contributed by atoms with E-state index in [-0.39, 0.29) is 12.5 Å². The molecular weight excluding hydrogens is 254 g/mol. The third kappa shape index (κ3) is 4.36. The fraction of sp³-hybridized carbons (Fsp3) is 0.643. The predicted octanol–water partition coefficient (Wildman–Crippen LogP) is 1.40. The molecule has 6 nitrogen and oxygen atoms in total. The third-order valence-corrected chi connectivity index (χ3v) is 3.33. The predicted molar refractivity (Wildman–Crippen MR) is 79.9 cm³/mol. The van der Waals surface area contributed by atoms with Gasteiger partial charge in [0.25, 0.3) is 0 Å². The van der Waals surface area contributed by atoms with Crippen LogP contribution in [-0.2, 0) is 4.79 Å². The fourth-order valence-electron chi connectivity index (χ4n) is 2.24. The number of carbonyl (C=O) groups is 1. The van der Waals surface area contributed by atoms with Gasteiger partial charge in [-0.15, -0.1) is 0 Å². The lowest BCUT2D eigenvalue weighted by atomic mass is 10.1. The van der Waals surface area contributed by atoms with Crippen molar-refractivity contribution < 1.29 is 4.79 Å². The SMILES string of the molecule is CCCNC(=O)CNc1cc(N2CCCCC2)ncn1. The summed E-state index contributed by atoms with van der Waals surface area (Å²) < 4.78 is 0. The molecule has 1 aromatic rings. The Labute approximate surface area is 120 Å². The Bertz CT molecular complexity index is 431. The number of aromatic nitrogens is 2. The van der Waals surface area contributed by atoms with Crippen LogP contribution in [0, 0.1) is 0 Å². The molecule has 0 atom stereocenters. The van der Waals surface area contributed by atoms with Crippen molar-refractivity contribution in [2.24, 2.45) is 0 Å². The summed E-state index contributed by atoms with van der Waals surface area (Å²) in [5.41, 5.74) is 0. The van der Waals surface area contributed by atoms with E-state index in [1.165, 1.54) is 19.3 Å². The molecule has 0 spiro atoms. The molecule has 2 heterocycles. The van der Waals surface area contributed by atoms with Gasteiger partial charge in [0, 0.05) is 25.7 Å². The summed E-state index contributed by atoms with van der Waals surface area (Å²) in [7, 11) is 0. The first-order chi connectivity index (χ1) is 9.79. The van der Waals surface area contributed by atoms with Crippen LogP contribution in [0.5, 0.6) is 0 Å². The van der Waals surface area contributed by atoms with E-state index >= 15 is 0 Å². The minimum Gasteiger partial charge on any atom is -0.361 e. The molecule has 1 aliphatic heterocycles. The van der Waals surface area contributed by atoms with Crippen LogP contribution in [0.25, 0.3) is 0 Å². The van der Waals surface area contributed by atoms with Crippen LogP contribution in [0.1, 0.15) is 32.6 Å². The highest BCUT2D eigenvalue weighted by molar-refractivity contribution is 5.80. The molecule has 2 rings (SSSR count). The molecule has 0 aromatic carbocycles. The Hall–Kier alpha value is -1.85. The van der Waals surface area contributed by atoms with Crippen LogP contribution in [-0.4, -0.2) is 42.1 Å². The van der Waals surface area contributed by atoms with E-state index in [0.29, 0.717) is 12.4 Å². The second kappa shape index (κ2) is 7.67. The van der Waals surface area contributed by atoms with E-state index in [1.807, 2.05) is 13.0 Å². The Morgan fingerprint density at radius 1 is 1.30 bits per heavy atom. The number of nitrogens with zero attached hydrogens (tertiary/aromatic N) is 3. The molecule has 2 N–H and O–H groups in total. The molecule has 0 saturated carbocycles. The molecule has 1 saturated heterocycles. The number of hydrogen-bond acceptors (Lipinski definition) is 5. The van der Waals surface area contributed by atoms with Gasteiger partial charge in [-0.2, -0.15) is 0 Å². The van der Waals surface area contributed by atoms with E-state index in [2.05, 4.69) is 25.5 Å². The lowest BCUT2D eigenvalue weighted by Crippen LogP contribution is -2.31. The summed E-state index contributed by atoms with van der Waals surface area (Å²) in [6, 6.07) is 1.92. The summed E-state index contributed by atoms with van der Waals surface area (Å²) in [6.07, 6.45) is 6.22. The van der Waals surface area contributed by atoms with E-state index in [9.17, 15) is 4.79 Å². The molecule has 20 heavy (non-hydrogen) atoms. The average Bonchev–Trinajstić information content (AvgIpc) is 2.52. The summed E-state index contributed by atoms with van der Waals surface area (Å²) in [4.78, 5) is 22.3. The first-order valence-electron chi connectivity index (χ1n) is 7.37. The highest BCUT2D eigenvalue weighted by Gasteiger charge is 2.12. The van der Waals surface area contributed by atoms with E-state index in [4.69, 9.17) is 0 Å². The van der Waals surface area contributed by atoms with Gasteiger partial charge in [0.1, 0.15) is 18.0 Å². The first-order valence-corrected chi connectivity index (χ1v) is 7.37. The van der Waals surface area contributed by atoms with Crippen molar-refractivity contribution in [3.8, 4) is 0 Å². The molecule has 0 unspecified atom stereocenters. The summed E-state index contributed by atoms with van der Waals surface area (Å²) in [6.45, 7) is 5.09. The van der Waals surface area contributed by atoms with Crippen LogP contribution in [0.4, 0.5) is 11.6 Å². The van der Waals surface area contributed by atoms with Gasteiger partial charge in [-0.25, -0.2) is 9.97 Å². The van der Waals surface area contributed by atoms with Gasteiger partial charge in [0.15, 0.2) is 0 Å². The summed E-state index contributed by atoms with van der Waals surface area (Å²) in [5.74, 6) is 1.63. The lowest BCUT2D eigenvalue weighted by Gasteiger charge is -2.27. The molecule has 1 fully saturated rings. The number of amides is 1. The smallest absolute Gasteiger partial charge is 0.239 e. The standard InChI is InChI=1S/C14H23N5O/c1-2-6-15-14(20)10-16-12-9-13(18-11-17-12)19-7-4-3-5-8-19/h9,11H,2-8,10H2,1H3,(H,15,20)(H,16,17,18). The normalized spacial score (nSPS) is 14.9. The molecule has 0 radical (unpaired) electrons. The van der Waals surface area contributed by atoms with Crippen molar-refractivity contribution in [1.82, 2.24) is 15.3 Å². The molecule has 1 aromatic heterocycles. The quantitative estimate of drug-likeness (QED) is 0.822. The maximum atomic E-state index is 11.5. The minimum absolute atomic E-state index is 0.00927. The maximum absolute atomic E-state index is 11.5.